The van der Waals surface area contributed by atoms with Crippen LogP contribution in [0.2, 0.25) is 0 Å². The number of amides is 1. The molecule has 118 valence electrons. The van der Waals surface area contributed by atoms with Crippen molar-refractivity contribution in [3.8, 4) is 11.3 Å². The summed E-state index contributed by atoms with van der Waals surface area (Å²) in [5, 5.41) is 11.9. The first-order chi connectivity index (χ1) is 10.3. The van der Waals surface area contributed by atoms with Gasteiger partial charge in [-0.3, -0.25) is 9.35 Å². The molecular formula is C11H13N5O5S. The summed E-state index contributed by atoms with van der Waals surface area (Å²) >= 11 is 0. The van der Waals surface area contributed by atoms with Gasteiger partial charge in [-0.25, -0.2) is 8.42 Å². The van der Waals surface area contributed by atoms with Crippen molar-refractivity contribution in [2.75, 3.05) is 0 Å². The SMILES string of the molecule is NC(=O)CC[n+]1ccc(-c2cccnn2)cn1.O=S(=O)([O-])O. The van der Waals surface area contributed by atoms with Gasteiger partial charge in [-0.05, 0) is 17.2 Å². The van der Waals surface area contributed by atoms with E-state index in [0.29, 0.717) is 6.54 Å². The average molecular weight is 327 g/mol. The van der Waals surface area contributed by atoms with Crippen LogP contribution in [0.1, 0.15) is 6.42 Å². The molecule has 3 N–H and O–H groups in total. The van der Waals surface area contributed by atoms with Crippen molar-refractivity contribution in [2.24, 2.45) is 5.73 Å². The molecule has 0 spiro atoms. The molecule has 2 aromatic heterocycles. The Morgan fingerprint density at radius 3 is 2.55 bits per heavy atom. The summed E-state index contributed by atoms with van der Waals surface area (Å²) in [4.78, 5) is 10.6. The molecule has 0 aliphatic carbocycles. The molecule has 11 heteroatoms. The zero-order chi connectivity index (χ0) is 16.6. The molecule has 0 saturated carbocycles. The van der Waals surface area contributed by atoms with E-state index >= 15 is 0 Å². The van der Waals surface area contributed by atoms with Gasteiger partial charge in [0, 0.05) is 17.8 Å². The molecule has 0 atom stereocenters. The fourth-order valence-corrected chi connectivity index (χ4v) is 1.35. The maximum atomic E-state index is 10.6. The maximum Gasteiger partial charge on any atom is 0.223 e. The van der Waals surface area contributed by atoms with E-state index in [1.54, 1.807) is 23.3 Å². The van der Waals surface area contributed by atoms with Crippen molar-refractivity contribution in [2.45, 2.75) is 13.0 Å². The molecule has 0 unspecified atom stereocenters. The molecule has 10 nitrogen and oxygen atoms in total. The third-order valence-electron chi connectivity index (χ3n) is 2.23. The second-order valence-electron chi connectivity index (χ2n) is 3.93. The average Bonchev–Trinajstić information content (AvgIpc) is 2.45. The molecule has 0 radical (unpaired) electrons. The number of rotatable bonds is 4. The minimum absolute atomic E-state index is 0.280. The monoisotopic (exact) mass is 327 g/mol. The van der Waals surface area contributed by atoms with Gasteiger partial charge >= 0.3 is 0 Å². The van der Waals surface area contributed by atoms with Crippen LogP contribution in [0.25, 0.3) is 11.3 Å². The first-order valence-corrected chi connectivity index (χ1v) is 7.22. The molecule has 0 saturated heterocycles. The largest absolute Gasteiger partial charge is 0.726 e. The summed E-state index contributed by atoms with van der Waals surface area (Å²) in [6, 6.07) is 5.55. The first kappa shape index (κ1) is 17.6. The Morgan fingerprint density at radius 1 is 1.41 bits per heavy atom. The van der Waals surface area contributed by atoms with E-state index in [-0.39, 0.29) is 12.3 Å². The molecule has 0 aromatic carbocycles. The molecule has 0 aliphatic rings. The van der Waals surface area contributed by atoms with Crippen LogP contribution in [0, 0.1) is 0 Å². The number of aromatic nitrogens is 4. The third-order valence-corrected chi connectivity index (χ3v) is 2.23. The van der Waals surface area contributed by atoms with Crippen molar-refractivity contribution in [3.63, 3.8) is 0 Å². The lowest BCUT2D eigenvalue weighted by molar-refractivity contribution is -0.752. The molecule has 0 bridgehead atoms. The highest BCUT2D eigenvalue weighted by atomic mass is 32.3. The van der Waals surface area contributed by atoms with Crippen LogP contribution < -0.4 is 10.4 Å². The van der Waals surface area contributed by atoms with Crippen molar-refractivity contribution in [1.29, 1.82) is 0 Å². The highest BCUT2D eigenvalue weighted by Crippen LogP contribution is 2.11. The normalized spacial score (nSPS) is 10.5. The fourth-order valence-electron chi connectivity index (χ4n) is 1.35. The Balaban J connectivity index is 0.000000422. The highest BCUT2D eigenvalue weighted by Gasteiger charge is 2.06. The highest BCUT2D eigenvalue weighted by molar-refractivity contribution is 7.79. The van der Waals surface area contributed by atoms with E-state index in [1.807, 2.05) is 18.2 Å². The molecular weight excluding hydrogens is 314 g/mol. The Hall–Kier alpha value is -2.50. The standard InChI is InChI=1S/C11H11N5O.H2O4S/c12-11(17)4-7-16-6-3-9(8-14-16)10-2-1-5-13-15-10;1-5(2,3)4/h1-3,5-6,8H,4,7H2,(H-,12,17);(H2,1,2,3,4). The van der Waals surface area contributed by atoms with Crippen LogP contribution in [0.5, 0.6) is 0 Å². The van der Waals surface area contributed by atoms with Gasteiger partial charge in [0.25, 0.3) is 0 Å². The van der Waals surface area contributed by atoms with E-state index in [0.717, 1.165) is 11.3 Å². The number of carbonyl (C=O) groups excluding carboxylic acids is 1. The third kappa shape index (κ3) is 7.94. The van der Waals surface area contributed by atoms with Crippen molar-refractivity contribution in [3.05, 3.63) is 36.8 Å². The zero-order valence-electron chi connectivity index (χ0n) is 11.2. The predicted molar refractivity (Wildman–Crippen MR) is 71.6 cm³/mol. The predicted octanol–water partition coefficient (Wildman–Crippen LogP) is -1.29. The van der Waals surface area contributed by atoms with Crippen LogP contribution in [0.3, 0.4) is 0 Å². The second kappa shape index (κ2) is 8.07. The minimum Gasteiger partial charge on any atom is -0.726 e. The topological polar surface area (TPSA) is 163 Å². The summed E-state index contributed by atoms with van der Waals surface area (Å²) < 4.78 is 34.5. The summed E-state index contributed by atoms with van der Waals surface area (Å²) in [6.45, 7) is 0.482. The minimum atomic E-state index is -4.92. The molecule has 2 heterocycles. The Labute approximate surface area is 126 Å². The second-order valence-corrected chi connectivity index (χ2v) is 4.79. The Bertz CT molecular complexity index is 697. The van der Waals surface area contributed by atoms with Crippen LogP contribution >= 0.6 is 0 Å². The van der Waals surface area contributed by atoms with Gasteiger partial charge in [-0.15, -0.1) is 0 Å². The number of primary amides is 1. The lowest BCUT2D eigenvalue weighted by Crippen LogP contribution is -2.39. The van der Waals surface area contributed by atoms with Crippen LogP contribution in [-0.2, 0) is 21.7 Å². The van der Waals surface area contributed by atoms with E-state index in [4.69, 9.17) is 23.3 Å². The molecule has 22 heavy (non-hydrogen) atoms. The van der Waals surface area contributed by atoms with Crippen molar-refractivity contribution < 1.29 is 27.0 Å². The van der Waals surface area contributed by atoms with Crippen LogP contribution in [0.15, 0.2) is 36.8 Å². The van der Waals surface area contributed by atoms with Crippen molar-refractivity contribution in [1.82, 2.24) is 15.3 Å². The van der Waals surface area contributed by atoms with Gasteiger partial charge in [0.2, 0.25) is 16.3 Å². The number of hydrogen-bond donors (Lipinski definition) is 2. The first-order valence-electron chi connectivity index (χ1n) is 5.86. The maximum absolute atomic E-state index is 10.6. The summed E-state index contributed by atoms with van der Waals surface area (Å²) in [6.07, 6.45) is 5.37. The summed E-state index contributed by atoms with van der Waals surface area (Å²) in [7, 11) is -4.92. The van der Waals surface area contributed by atoms with Gasteiger partial charge in [-0.1, -0.05) is 4.68 Å². The van der Waals surface area contributed by atoms with Gasteiger partial charge in [0.05, 0.1) is 12.1 Å². The quantitative estimate of drug-likeness (QED) is 0.398. The van der Waals surface area contributed by atoms with Gasteiger partial charge < -0.3 is 10.3 Å². The van der Waals surface area contributed by atoms with E-state index in [2.05, 4.69) is 15.3 Å². The number of nitrogens with two attached hydrogens (primary N) is 1. The number of nitrogens with zero attached hydrogens (tertiary/aromatic N) is 4. The molecule has 1 amide bonds. The smallest absolute Gasteiger partial charge is 0.223 e. The van der Waals surface area contributed by atoms with Gasteiger partial charge in [-0.2, -0.15) is 10.2 Å². The number of carbonyl (C=O) groups is 1. The van der Waals surface area contributed by atoms with Crippen LogP contribution in [-0.4, -0.2) is 38.7 Å². The lowest BCUT2D eigenvalue weighted by Gasteiger charge is -1.97. The summed E-state index contributed by atoms with van der Waals surface area (Å²) in [5.74, 6) is -0.336. The van der Waals surface area contributed by atoms with Crippen molar-refractivity contribution >= 4 is 16.3 Å². The molecule has 0 aliphatic heterocycles. The Morgan fingerprint density at radius 2 is 2.09 bits per heavy atom. The van der Waals surface area contributed by atoms with E-state index in [9.17, 15) is 4.79 Å². The molecule has 0 fully saturated rings. The fraction of sp³-hybridized carbons (Fsp3) is 0.182. The lowest BCUT2D eigenvalue weighted by atomic mass is 10.2. The zero-order valence-corrected chi connectivity index (χ0v) is 12.0. The molecule has 2 aromatic rings. The number of hydrogen-bond acceptors (Lipinski definition) is 7. The van der Waals surface area contributed by atoms with E-state index in [1.165, 1.54) is 0 Å². The number of aryl methyl sites for hydroxylation is 1. The Kier molecular flexibility index (Phi) is 6.44. The summed E-state index contributed by atoms with van der Waals surface area (Å²) in [5.41, 5.74) is 6.71. The van der Waals surface area contributed by atoms with Gasteiger partial charge in [0.1, 0.15) is 6.20 Å². The van der Waals surface area contributed by atoms with E-state index < -0.39 is 10.4 Å². The molecule has 2 rings (SSSR count). The van der Waals surface area contributed by atoms with Crippen LogP contribution in [0.4, 0.5) is 0 Å². The van der Waals surface area contributed by atoms with Gasteiger partial charge in [0.15, 0.2) is 12.7 Å².